The Bertz CT molecular complexity index is 943. The standard InChI is InChI=1S/C26H33ClN2O3/c1-5-29(6-2,17-23(30)32-18-21-11-8-7-9-12-21)26(13-10-14-26)25(31)28-24-19(3)15-22(27)16-20(24)4/h7-9,11-12,15-16H,5-6,10,13-14,17-18H2,1-4H3/p+1. The lowest BCUT2D eigenvalue weighted by atomic mass is 9.72. The molecule has 0 saturated heterocycles. The summed E-state index contributed by atoms with van der Waals surface area (Å²) < 4.78 is 6.00. The van der Waals surface area contributed by atoms with Gasteiger partial charge in [0.15, 0.2) is 12.1 Å². The van der Waals surface area contributed by atoms with E-state index < -0.39 is 5.54 Å². The number of amides is 1. The smallest absolute Gasteiger partial charge is 0.362 e. The van der Waals surface area contributed by atoms with E-state index in [9.17, 15) is 9.59 Å². The van der Waals surface area contributed by atoms with Crippen LogP contribution < -0.4 is 5.32 Å². The maximum Gasteiger partial charge on any atom is 0.362 e. The van der Waals surface area contributed by atoms with Crippen LogP contribution in [0.5, 0.6) is 0 Å². The maximum absolute atomic E-state index is 13.7. The SMILES string of the molecule is CC[N+](CC)(CC(=O)OCc1ccccc1)C1(C(=O)Nc2c(C)cc(Cl)cc2C)CCC1. The summed E-state index contributed by atoms with van der Waals surface area (Å²) in [5, 5.41) is 3.85. The first kappa shape index (κ1) is 24.3. The number of hydrogen-bond acceptors (Lipinski definition) is 3. The average Bonchev–Trinajstić information content (AvgIpc) is 2.74. The van der Waals surface area contributed by atoms with Crippen LogP contribution in [0.2, 0.25) is 5.02 Å². The number of anilines is 1. The van der Waals surface area contributed by atoms with E-state index in [0.29, 0.717) is 22.6 Å². The Hall–Kier alpha value is -2.37. The van der Waals surface area contributed by atoms with E-state index >= 15 is 0 Å². The molecule has 1 N–H and O–H groups in total. The second-order valence-electron chi connectivity index (χ2n) is 8.84. The van der Waals surface area contributed by atoms with Crippen LogP contribution in [0.25, 0.3) is 0 Å². The first-order chi connectivity index (χ1) is 15.3. The minimum absolute atomic E-state index is 0.0168. The van der Waals surface area contributed by atoms with Crippen molar-refractivity contribution < 1.29 is 18.8 Å². The molecule has 1 aliphatic carbocycles. The molecule has 0 atom stereocenters. The predicted octanol–water partition coefficient (Wildman–Crippen LogP) is 5.42. The number of ether oxygens (including phenoxy) is 1. The first-order valence-electron chi connectivity index (χ1n) is 11.4. The normalized spacial score (nSPS) is 15.0. The number of carbonyl (C=O) groups is 2. The van der Waals surface area contributed by atoms with E-state index in [1.807, 2.05) is 56.3 Å². The van der Waals surface area contributed by atoms with Crippen LogP contribution in [-0.4, -0.2) is 41.5 Å². The predicted molar refractivity (Wildman–Crippen MR) is 129 cm³/mol. The summed E-state index contributed by atoms with van der Waals surface area (Å²) in [6, 6.07) is 13.4. The lowest BCUT2D eigenvalue weighted by Crippen LogP contribution is -2.73. The first-order valence-corrected chi connectivity index (χ1v) is 11.8. The summed E-state index contributed by atoms with van der Waals surface area (Å²) >= 11 is 6.17. The van der Waals surface area contributed by atoms with Crippen molar-refractivity contribution in [1.82, 2.24) is 0 Å². The molecule has 0 radical (unpaired) electrons. The van der Waals surface area contributed by atoms with Crippen LogP contribution in [0.15, 0.2) is 42.5 Å². The molecule has 1 saturated carbocycles. The molecule has 6 heteroatoms. The molecule has 0 aliphatic heterocycles. The van der Waals surface area contributed by atoms with Crippen LogP contribution in [0.4, 0.5) is 5.69 Å². The fourth-order valence-electron chi connectivity index (χ4n) is 5.00. The van der Waals surface area contributed by atoms with Gasteiger partial charge in [-0.25, -0.2) is 4.79 Å². The minimum atomic E-state index is -0.631. The third-order valence-electron chi connectivity index (χ3n) is 7.13. The van der Waals surface area contributed by atoms with Crippen molar-refractivity contribution in [2.24, 2.45) is 0 Å². The van der Waals surface area contributed by atoms with E-state index in [2.05, 4.69) is 19.2 Å². The molecule has 0 aromatic heterocycles. The van der Waals surface area contributed by atoms with Crippen molar-refractivity contribution in [3.8, 4) is 0 Å². The lowest BCUT2D eigenvalue weighted by Gasteiger charge is -2.55. The zero-order valence-electron chi connectivity index (χ0n) is 19.5. The van der Waals surface area contributed by atoms with Gasteiger partial charge in [0.1, 0.15) is 6.61 Å². The number of likely N-dealkylation sites (N-methyl/N-ethyl adjacent to an activating group) is 1. The fourth-order valence-corrected chi connectivity index (χ4v) is 5.33. The van der Waals surface area contributed by atoms with Gasteiger partial charge in [-0.2, -0.15) is 0 Å². The number of aryl methyl sites for hydroxylation is 2. The summed E-state index contributed by atoms with van der Waals surface area (Å²) in [5.74, 6) is -0.285. The summed E-state index contributed by atoms with van der Waals surface area (Å²) in [6.45, 7) is 9.81. The van der Waals surface area contributed by atoms with Crippen LogP contribution in [0, 0.1) is 13.8 Å². The zero-order valence-corrected chi connectivity index (χ0v) is 20.3. The molecule has 1 fully saturated rings. The summed E-state index contributed by atoms with van der Waals surface area (Å²) in [7, 11) is 0. The molecule has 0 heterocycles. The highest BCUT2D eigenvalue weighted by Crippen LogP contribution is 2.44. The third-order valence-corrected chi connectivity index (χ3v) is 7.35. The topological polar surface area (TPSA) is 55.4 Å². The second-order valence-corrected chi connectivity index (χ2v) is 9.27. The molecule has 2 aromatic rings. The number of halogens is 1. The maximum atomic E-state index is 13.7. The zero-order chi connectivity index (χ0) is 23.4. The largest absolute Gasteiger partial charge is 0.457 e. The van der Waals surface area contributed by atoms with E-state index in [0.717, 1.165) is 41.6 Å². The molecular weight excluding hydrogens is 424 g/mol. The molecule has 32 heavy (non-hydrogen) atoms. The Balaban J connectivity index is 1.80. The summed E-state index contributed by atoms with van der Waals surface area (Å²) in [4.78, 5) is 26.6. The van der Waals surface area contributed by atoms with Gasteiger partial charge in [-0.1, -0.05) is 41.9 Å². The molecule has 0 spiro atoms. The highest BCUT2D eigenvalue weighted by molar-refractivity contribution is 6.30. The molecule has 0 unspecified atom stereocenters. The van der Waals surface area contributed by atoms with E-state index in [4.69, 9.17) is 16.3 Å². The van der Waals surface area contributed by atoms with Gasteiger partial charge in [0.05, 0.1) is 13.1 Å². The van der Waals surface area contributed by atoms with Gasteiger partial charge in [0, 0.05) is 23.6 Å². The molecule has 3 rings (SSSR count). The van der Waals surface area contributed by atoms with Crippen molar-refractivity contribution in [3.05, 3.63) is 64.2 Å². The van der Waals surface area contributed by atoms with Crippen molar-refractivity contribution in [2.75, 3.05) is 25.0 Å². The number of carbonyl (C=O) groups excluding carboxylic acids is 2. The highest BCUT2D eigenvalue weighted by atomic mass is 35.5. The molecule has 5 nitrogen and oxygen atoms in total. The minimum Gasteiger partial charge on any atom is -0.457 e. The lowest BCUT2D eigenvalue weighted by molar-refractivity contribution is -0.963. The molecule has 2 aromatic carbocycles. The molecule has 0 bridgehead atoms. The Morgan fingerprint density at radius 3 is 2.16 bits per heavy atom. The summed E-state index contributed by atoms with van der Waals surface area (Å²) in [6.07, 6.45) is 2.50. The number of esters is 1. The van der Waals surface area contributed by atoms with Gasteiger partial charge in [-0.3, -0.25) is 4.79 Å². The molecular formula is C26H34ClN2O3+. The van der Waals surface area contributed by atoms with E-state index in [-0.39, 0.29) is 25.0 Å². The van der Waals surface area contributed by atoms with Crippen LogP contribution >= 0.6 is 11.6 Å². The highest BCUT2D eigenvalue weighted by Gasteiger charge is 2.60. The Kier molecular flexibility index (Phi) is 7.63. The third kappa shape index (κ3) is 4.69. The van der Waals surface area contributed by atoms with Crippen molar-refractivity contribution in [2.45, 2.75) is 59.1 Å². The Morgan fingerprint density at radius 1 is 1.06 bits per heavy atom. The Labute approximate surface area is 196 Å². The van der Waals surface area contributed by atoms with E-state index in [1.165, 1.54) is 0 Å². The van der Waals surface area contributed by atoms with Crippen LogP contribution in [0.1, 0.15) is 49.8 Å². The van der Waals surface area contributed by atoms with Gasteiger partial charge in [0.25, 0.3) is 5.91 Å². The van der Waals surface area contributed by atoms with Crippen molar-refractivity contribution in [1.29, 1.82) is 0 Å². The van der Waals surface area contributed by atoms with E-state index in [1.54, 1.807) is 0 Å². The molecule has 172 valence electrons. The van der Waals surface area contributed by atoms with Gasteiger partial charge in [-0.15, -0.1) is 0 Å². The van der Waals surface area contributed by atoms with Crippen molar-refractivity contribution in [3.63, 3.8) is 0 Å². The van der Waals surface area contributed by atoms with Gasteiger partial charge in [0.2, 0.25) is 0 Å². The summed E-state index contributed by atoms with van der Waals surface area (Å²) in [5.41, 5.74) is 3.00. The van der Waals surface area contributed by atoms with Crippen molar-refractivity contribution >= 4 is 29.2 Å². The second kappa shape index (κ2) is 10.1. The number of rotatable bonds is 9. The number of nitrogens with one attached hydrogen (secondary N) is 1. The number of quaternary nitrogens is 1. The van der Waals surface area contributed by atoms with Crippen LogP contribution in [0.3, 0.4) is 0 Å². The number of nitrogens with zero attached hydrogens (tertiary/aromatic N) is 1. The number of benzene rings is 2. The Morgan fingerprint density at radius 2 is 1.66 bits per heavy atom. The monoisotopic (exact) mass is 457 g/mol. The number of hydrogen-bond donors (Lipinski definition) is 1. The average molecular weight is 458 g/mol. The van der Waals surface area contributed by atoms with Crippen LogP contribution in [-0.2, 0) is 20.9 Å². The quantitative estimate of drug-likeness (QED) is 0.404. The van der Waals surface area contributed by atoms with Gasteiger partial charge >= 0.3 is 5.97 Å². The fraction of sp³-hybridized carbons (Fsp3) is 0.462. The molecule has 1 aliphatic rings. The van der Waals surface area contributed by atoms with Gasteiger partial charge < -0.3 is 14.5 Å². The molecule has 1 amide bonds. The van der Waals surface area contributed by atoms with Gasteiger partial charge in [-0.05, 0) is 62.9 Å².